The summed E-state index contributed by atoms with van der Waals surface area (Å²) < 4.78 is 79.6. The van der Waals surface area contributed by atoms with Gasteiger partial charge in [-0.25, -0.2) is 26.3 Å². The molecule has 0 N–H and O–H groups in total. The number of Topliss-reactive ketones (excluding diaryl/α,β-unsaturated/α-hetero) is 1. The molecule has 1 nitrogen and oxygen atoms in total. The highest BCUT2D eigenvalue weighted by Gasteiger charge is 2.29. The number of benzene rings is 2. The van der Waals surface area contributed by atoms with E-state index in [0.717, 1.165) is 0 Å². The summed E-state index contributed by atoms with van der Waals surface area (Å²) in [6, 6.07) is 6.99. The topological polar surface area (TPSA) is 17.1 Å². The zero-order chi connectivity index (χ0) is 16.4. The third-order valence-corrected chi connectivity index (χ3v) is 3.03. The van der Waals surface area contributed by atoms with Gasteiger partial charge in [0.1, 0.15) is 0 Å². The molecule has 2 aromatic rings. The predicted molar refractivity (Wildman–Crippen MR) is 65.6 cm³/mol. The average Bonchev–Trinajstić information content (AvgIpc) is 2.55. The molecule has 0 aliphatic rings. The normalized spacial score (nSPS) is 12.3. The second-order valence-electron chi connectivity index (χ2n) is 4.45. The Morgan fingerprint density at radius 1 is 0.818 bits per heavy atom. The van der Waals surface area contributed by atoms with Gasteiger partial charge < -0.3 is 0 Å². The Labute approximate surface area is 121 Å². The van der Waals surface area contributed by atoms with Gasteiger partial charge in [-0.05, 0) is 0 Å². The second kappa shape index (κ2) is 6.21. The summed E-state index contributed by atoms with van der Waals surface area (Å²) in [6.45, 7) is 0. The lowest BCUT2D eigenvalue weighted by atomic mass is 10.00. The molecule has 0 radical (unpaired) electrons. The van der Waals surface area contributed by atoms with Gasteiger partial charge in [0.05, 0.1) is 0 Å². The summed E-state index contributed by atoms with van der Waals surface area (Å²) in [5.41, 5.74) is -1.42. The Balaban J connectivity index is 2.33. The monoisotopic (exact) mass is 318 g/mol. The number of halogens is 6. The first-order valence-electron chi connectivity index (χ1n) is 6.08. The zero-order valence-electron chi connectivity index (χ0n) is 10.8. The minimum Gasteiger partial charge on any atom is -0.291 e. The van der Waals surface area contributed by atoms with Gasteiger partial charge in [0, 0.05) is 17.5 Å². The van der Waals surface area contributed by atoms with Crippen molar-refractivity contribution >= 4 is 5.78 Å². The number of rotatable bonds is 4. The minimum atomic E-state index is -2.43. The molecule has 116 valence electrons. The van der Waals surface area contributed by atoms with Gasteiger partial charge in [-0.3, -0.25) is 4.79 Å². The van der Waals surface area contributed by atoms with Gasteiger partial charge in [-0.15, -0.1) is 0 Å². The van der Waals surface area contributed by atoms with E-state index in [1.54, 1.807) is 6.07 Å². The van der Waals surface area contributed by atoms with Crippen LogP contribution in [0.25, 0.3) is 0 Å². The maximum atomic E-state index is 13.9. The molecule has 0 aliphatic carbocycles. The van der Waals surface area contributed by atoms with Crippen molar-refractivity contribution in [3.8, 4) is 0 Å². The quantitative estimate of drug-likeness (QED) is 0.358. The number of alkyl halides is 1. The first-order valence-corrected chi connectivity index (χ1v) is 6.08. The lowest BCUT2D eigenvalue weighted by molar-refractivity contribution is 0.0875. The van der Waals surface area contributed by atoms with Crippen LogP contribution in [0.5, 0.6) is 0 Å². The number of carbonyl (C=O) groups is 1. The van der Waals surface area contributed by atoms with E-state index >= 15 is 0 Å². The van der Waals surface area contributed by atoms with Crippen LogP contribution in [-0.4, -0.2) is 12.0 Å². The maximum absolute atomic E-state index is 13.9. The standard InChI is InChI=1S/C15H8F6O/c16-9(15(22)7-4-2-1-3-5-7)6-8-10(17)12(19)14(21)13(20)11(8)18/h1-5,9H,6H2. The number of hydrogen-bond acceptors (Lipinski definition) is 1. The lowest BCUT2D eigenvalue weighted by Crippen LogP contribution is -2.21. The van der Waals surface area contributed by atoms with Gasteiger partial charge in [0.15, 0.2) is 35.2 Å². The first-order chi connectivity index (χ1) is 10.3. The molecular weight excluding hydrogens is 310 g/mol. The van der Waals surface area contributed by atoms with Crippen molar-refractivity contribution in [1.82, 2.24) is 0 Å². The van der Waals surface area contributed by atoms with Crippen molar-refractivity contribution < 1.29 is 31.1 Å². The fourth-order valence-electron chi connectivity index (χ4n) is 1.88. The summed E-state index contributed by atoms with van der Waals surface area (Å²) in [7, 11) is 0. The van der Waals surface area contributed by atoms with Crippen LogP contribution in [0.3, 0.4) is 0 Å². The molecule has 0 bridgehead atoms. The molecule has 0 aliphatic heterocycles. The molecule has 2 rings (SSSR count). The van der Waals surface area contributed by atoms with Crippen LogP contribution < -0.4 is 0 Å². The molecule has 0 fully saturated rings. The van der Waals surface area contributed by atoms with Crippen molar-refractivity contribution in [2.24, 2.45) is 0 Å². The van der Waals surface area contributed by atoms with E-state index in [9.17, 15) is 31.1 Å². The Kier molecular flexibility index (Phi) is 4.54. The third-order valence-electron chi connectivity index (χ3n) is 3.03. The molecule has 1 unspecified atom stereocenters. The van der Waals surface area contributed by atoms with E-state index in [-0.39, 0.29) is 5.56 Å². The summed E-state index contributed by atoms with van der Waals surface area (Å²) in [5, 5.41) is 0. The van der Waals surface area contributed by atoms with Crippen LogP contribution in [0.2, 0.25) is 0 Å². The first kappa shape index (κ1) is 16.1. The zero-order valence-corrected chi connectivity index (χ0v) is 10.8. The van der Waals surface area contributed by atoms with Gasteiger partial charge in [-0.1, -0.05) is 30.3 Å². The largest absolute Gasteiger partial charge is 0.291 e. The van der Waals surface area contributed by atoms with E-state index in [0.29, 0.717) is 0 Å². The average molecular weight is 318 g/mol. The Morgan fingerprint density at radius 3 is 1.77 bits per heavy atom. The van der Waals surface area contributed by atoms with Crippen LogP contribution in [-0.2, 0) is 6.42 Å². The molecule has 0 spiro atoms. The van der Waals surface area contributed by atoms with E-state index in [2.05, 4.69) is 0 Å². The van der Waals surface area contributed by atoms with Crippen LogP contribution in [0.4, 0.5) is 26.3 Å². The Morgan fingerprint density at radius 2 is 1.27 bits per heavy atom. The van der Waals surface area contributed by atoms with Crippen LogP contribution in [0.1, 0.15) is 15.9 Å². The fourth-order valence-corrected chi connectivity index (χ4v) is 1.88. The van der Waals surface area contributed by atoms with Crippen molar-refractivity contribution in [3.63, 3.8) is 0 Å². The molecule has 0 aromatic heterocycles. The van der Waals surface area contributed by atoms with Gasteiger partial charge in [-0.2, -0.15) is 0 Å². The summed E-state index contributed by atoms with van der Waals surface area (Å²) >= 11 is 0. The lowest BCUT2D eigenvalue weighted by Gasteiger charge is -2.11. The molecule has 7 heteroatoms. The molecular formula is C15H8F6O. The van der Waals surface area contributed by atoms with Crippen LogP contribution in [0.15, 0.2) is 30.3 Å². The minimum absolute atomic E-state index is 0.0705. The van der Waals surface area contributed by atoms with Crippen LogP contribution >= 0.6 is 0 Å². The van der Waals surface area contributed by atoms with Crippen molar-refractivity contribution in [1.29, 1.82) is 0 Å². The Bertz CT molecular complexity index is 685. The van der Waals surface area contributed by atoms with E-state index in [1.807, 2.05) is 0 Å². The number of carbonyl (C=O) groups excluding carboxylic acids is 1. The second-order valence-corrected chi connectivity index (χ2v) is 4.45. The van der Waals surface area contributed by atoms with Crippen LogP contribution in [0, 0.1) is 29.1 Å². The van der Waals surface area contributed by atoms with E-state index in [4.69, 9.17) is 0 Å². The molecule has 0 saturated heterocycles. The fraction of sp³-hybridized carbons (Fsp3) is 0.133. The molecule has 22 heavy (non-hydrogen) atoms. The van der Waals surface area contributed by atoms with Crippen molar-refractivity contribution in [2.75, 3.05) is 0 Å². The highest BCUT2D eigenvalue weighted by atomic mass is 19.2. The number of hydrogen-bond donors (Lipinski definition) is 0. The van der Waals surface area contributed by atoms with Gasteiger partial charge in [0.25, 0.3) is 0 Å². The molecule has 0 amide bonds. The van der Waals surface area contributed by atoms with E-state index < -0.39 is 53.0 Å². The highest BCUT2D eigenvalue weighted by molar-refractivity contribution is 5.99. The van der Waals surface area contributed by atoms with Crippen molar-refractivity contribution in [3.05, 3.63) is 70.5 Å². The number of ketones is 1. The molecule has 0 heterocycles. The van der Waals surface area contributed by atoms with E-state index in [1.165, 1.54) is 24.3 Å². The molecule has 1 atom stereocenters. The highest BCUT2D eigenvalue weighted by Crippen LogP contribution is 2.25. The summed E-state index contributed by atoms with van der Waals surface area (Å²) in [5.74, 6) is -12.1. The molecule has 0 saturated carbocycles. The Hall–Kier alpha value is -2.31. The van der Waals surface area contributed by atoms with Gasteiger partial charge in [0.2, 0.25) is 5.82 Å². The SMILES string of the molecule is O=C(c1ccccc1)C(F)Cc1c(F)c(F)c(F)c(F)c1F. The predicted octanol–water partition coefficient (Wildman–Crippen LogP) is 4.15. The van der Waals surface area contributed by atoms with Gasteiger partial charge >= 0.3 is 0 Å². The summed E-state index contributed by atoms with van der Waals surface area (Å²) in [6.07, 6.45) is -3.69. The third kappa shape index (κ3) is 2.84. The molecule has 2 aromatic carbocycles. The summed E-state index contributed by atoms with van der Waals surface area (Å²) in [4.78, 5) is 11.7. The smallest absolute Gasteiger partial charge is 0.200 e. The van der Waals surface area contributed by atoms with Crippen molar-refractivity contribution in [2.45, 2.75) is 12.6 Å². The maximum Gasteiger partial charge on any atom is 0.200 e.